The van der Waals surface area contributed by atoms with Gasteiger partial charge in [0.05, 0.1) is 0 Å². The number of benzene rings is 2. The zero-order valence-corrected chi connectivity index (χ0v) is 14.5. The molecule has 4 nitrogen and oxygen atoms in total. The van der Waals surface area contributed by atoms with Gasteiger partial charge in [0, 0.05) is 11.7 Å². The Labute approximate surface area is 150 Å². The number of ether oxygens (including phenoxy) is 2. The van der Waals surface area contributed by atoms with Crippen molar-refractivity contribution in [1.82, 2.24) is 0 Å². The lowest BCUT2D eigenvalue weighted by Crippen LogP contribution is -2.15. The summed E-state index contributed by atoms with van der Waals surface area (Å²) in [5, 5.41) is -0.665. The van der Waals surface area contributed by atoms with Crippen LogP contribution >= 0.6 is 24.4 Å². The Morgan fingerprint density at radius 2 is 1.58 bits per heavy atom. The maximum atomic E-state index is 11.7. The zero-order chi connectivity index (χ0) is 16.9. The molecule has 0 heterocycles. The second-order valence-electron chi connectivity index (χ2n) is 5.21. The third-order valence-corrected chi connectivity index (χ3v) is 5.06. The normalized spacial score (nSPS) is 12.4. The number of hydrogen-bond donors (Lipinski definition) is 1. The first kappa shape index (κ1) is 16.9. The van der Waals surface area contributed by atoms with Crippen molar-refractivity contribution in [3.63, 3.8) is 0 Å². The van der Waals surface area contributed by atoms with E-state index in [1.807, 2.05) is 36.4 Å². The van der Waals surface area contributed by atoms with Crippen molar-refractivity contribution in [2.75, 3.05) is 18.1 Å². The van der Waals surface area contributed by atoms with Crippen LogP contribution < -0.4 is 0 Å². The minimum absolute atomic E-state index is 0.0508. The maximum absolute atomic E-state index is 11.7. The Hall–Kier alpha value is -1.92. The van der Waals surface area contributed by atoms with Crippen molar-refractivity contribution < 1.29 is 19.1 Å². The molecule has 24 heavy (non-hydrogen) atoms. The first-order valence-corrected chi connectivity index (χ1v) is 9.13. The Kier molecular flexibility index (Phi) is 5.48. The summed E-state index contributed by atoms with van der Waals surface area (Å²) < 4.78 is 9.79. The minimum Gasteiger partial charge on any atom is -0.433 e. The highest BCUT2D eigenvalue weighted by atomic mass is 32.2. The molecule has 0 saturated carbocycles. The van der Waals surface area contributed by atoms with Gasteiger partial charge in [0.1, 0.15) is 6.61 Å². The van der Waals surface area contributed by atoms with Crippen LogP contribution in [0.5, 0.6) is 0 Å². The minimum atomic E-state index is -0.964. The predicted octanol–water partition coefficient (Wildman–Crippen LogP) is 4.74. The molecule has 0 saturated heterocycles. The van der Waals surface area contributed by atoms with Crippen molar-refractivity contribution in [1.29, 1.82) is 0 Å². The van der Waals surface area contributed by atoms with Crippen molar-refractivity contribution in [2.45, 2.75) is 5.92 Å². The molecule has 2 aromatic rings. The van der Waals surface area contributed by atoms with E-state index in [0.717, 1.165) is 34.0 Å². The molecule has 124 valence electrons. The molecule has 0 fully saturated rings. The van der Waals surface area contributed by atoms with E-state index in [1.165, 1.54) is 0 Å². The highest BCUT2D eigenvalue weighted by Crippen LogP contribution is 2.44. The molecule has 0 aliphatic heterocycles. The summed E-state index contributed by atoms with van der Waals surface area (Å²) in [5.41, 5.74) is 4.52. The van der Waals surface area contributed by atoms with Gasteiger partial charge in [0.25, 0.3) is 0 Å². The Bertz CT molecular complexity index is 715. The number of carbonyl (C=O) groups excluding carboxylic acids is 2. The first-order valence-electron chi connectivity index (χ1n) is 7.51. The lowest BCUT2D eigenvalue weighted by molar-refractivity contribution is 0.0812. The van der Waals surface area contributed by atoms with E-state index in [9.17, 15) is 9.59 Å². The van der Waals surface area contributed by atoms with Crippen LogP contribution in [-0.2, 0) is 9.47 Å². The molecule has 1 aliphatic rings. The number of thiol groups is 1. The van der Waals surface area contributed by atoms with Gasteiger partial charge >= 0.3 is 11.5 Å². The van der Waals surface area contributed by atoms with Crippen LogP contribution in [0.2, 0.25) is 0 Å². The molecule has 0 aromatic heterocycles. The van der Waals surface area contributed by atoms with E-state index in [2.05, 4.69) is 29.5 Å². The second-order valence-corrected chi connectivity index (χ2v) is 6.69. The zero-order valence-electron chi connectivity index (χ0n) is 12.8. The maximum Gasteiger partial charge on any atom is 0.516 e. The lowest BCUT2D eigenvalue weighted by atomic mass is 9.98. The molecule has 0 radical (unpaired) electrons. The largest absolute Gasteiger partial charge is 0.516 e. The molecule has 0 bridgehead atoms. The van der Waals surface area contributed by atoms with E-state index in [1.54, 1.807) is 0 Å². The highest BCUT2D eigenvalue weighted by Gasteiger charge is 2.29. The molecular weight excluding hydrogens is 344 g/mol. The van der Waals surface area contributed by atoms with Gasteiger partial charge in [-0.2, -0.15) is 12.6 Å². The fourth-order valence-corrected chi connectivity index (χ4v) is 3.51. The van der Waals surface area contributed by atoms with Crippen LogP contribution in [0.3, 0.4) is 0 Å². The van der Waals surface area contributed by atoms with Gasteiger partial charge in [-0.25, -0.2) is 9.59 Å². The summed E-state index contributed by atoms with van der Waals surface area (Å²) in [6, 6.07) is 16.1. The molecule has 2 aromatic carbocycles. The van der Waals surface area contributed by atoms with Crippen molar-refractivity contribution in [2.24, 2.45) is 0 Å². The van der Waals surface area contributed by atoms with Gasteiger partial charge in [0.15, 0.2) is 0 Å². The van der Waals surface area contributed by atoms with Crippen LogP contribution in [0, 0.1) is 0 Å². The molecule has 6 heteroatoms. The Morgan fingerprint density at radius 3 is 2.17 bits per heavy atom. The summed E-state index contributed by atoms with van der Waals surface area (Å²) in [5.74, 6) is 0.966. The van der Waals surface area contributed by atoms with E-state index in [0.29, 0.717) is 11.5 Å². The summed E-state index contributed by atoms with van der Waals surface area (Å²) in [4.78, 5) is 23.1. The van der Waals surface area contributed by atoms with Crippen molar-refractivity contribution in [3.8, 4) is 11.1 Å². The van der Waals surface area contributed by atoms with Crippen LogP contribution in [0.15, 0.2) is 48.5 Å². The summed E-state index contributed by atoms with van der Waals surface area (Å²) in [7, 11) is 0. The Balaban J connectivity index is 1.67. The molecule has 0 spiro atoms. The van der Waals surface area contributed by atoms with Gasteiger partial charge in [-0.15, -0.1) is 0 Å². The van der Waals surface area contributed by atoms with Crippen molar-refractivity contribution >= 4 is 35.8 Å². The number of carbonyl (C=O) groups is 2. The highest BCUT2D eigenvalue weighted by molar-refractivity contribution is 8.13. The quantitative estimate of drug-likeness (QED) is 0.485. The molecule has 0 atom stereocenters. The third kappa shape index (κ3) is 3.60. The number of hydrogen-bond acceptors (Lipinski definition) is 6. The molecule has 0 N–H and O–H groups in total. The summed E-state index contributed by atoms with van der Waals surface area (Å²) >= 11 is 4.90. The van der Waals surface area contributed by atoms with E-state index >= 15 is 0 Å². The van der Waals surface area contributed by atoms with Crippen LogP contribution in [0.25, 0.3) is 11.1 Å². The lowest BCUT2D eigenvalue weighted by Gasteiger charge is -2.13. The smallest absolute Gasteiger partial charge is 0.433 e. The average Bonchev–Trinajstić information content (AvgIpc) is 2.92. The van der Waals surface area contributed by atoms with Gasteiger partial charge in [-0.05, 0) is 39.8 Å². The SMILES string of the molecule is O=C(OCC1c2ccccc2-c2ccccc21)OC(=O)SCCS. The molecular formula is C18H16O4S2. The van der Waals surface area contributed by atoms with Crippen molar-refractivity contribution in [3.05, 3.63) is 59.7 Å². The van der Waals surface area contributed by atoms with Gasteiger partial charge in [0.2, 0.25) is 0 Å². The number of rotatable bonds is 4. The molecule has 0 unspecified atom stereocenters. The van der Waals surface area contributed by atoms with Gasteiger partial charge in [-0.3, -0.25) is 0 Å². The monoisotopic (exact) mass is 360 g/mol. The summed E-state index contributed by atoms with van der Waals surface area (Å²) in [6.45, 7) is 0.136. The van der Waals surface area contributed by atoms with E-state index in [4.69, 9.17) is 4.74 Å². The number of thioether (sulfide) groups is 1. The first-order chi connectivity index (χ1) is 11.7. The Morgan fingerprint density at radius 1 is 1.00 bits per heavy atom. The fraction of sp³-hybridized carbons (Fsp3) is 0.222. The standard InChI is InChI=1S/C18H16O4S2/c19-17(22-18(20)24-10-9-23)21-11-16-14-7-3-1-5-12(14)13-6-2-4-8-15(13)16/h1-8,16,23H,9-11H2. The third-order valence-electron chi connectivity index (χ3n) is 3.81. The van der Waals surface area contributed by atoms with Crippen LogP contribution in [-0.4, -0.2) is 29.6 Å². The molecule has 1 aliphatic carbocycles. The topological polar surface area (TPSA) is 52.6 Å². The van der Waals surface area contributed by atoms with E-state index < -0.39 is 11.5 Å². The summed E-state index contributed by atoms with van der Waals surface area (Å²) in [6.07, 6.45) is -0.964. The number of fused-ring (bicyclic) bond motifs is 3. The predicted molar refractivity (Wildman–Crippen MR) is 97.9 cm³/mol. The average molecular weight is 360 g/mol. The fourth-order valence-electron chi connectivity index (χ4n) is 2.85. The van der Waals surface area contributed by atoms with E-state index in [-0.39, 0.29) is 12.5 Å². The second kappa shape index (κ2) is 7.77. The molecule has 3 rings (SSSR count). The van der Waals surface area contributed by atoms with Gasteiger partial charge in [-0.1, -0.05) is 48.5 Å². The van der Waals surface area contributed by atoms with Gasteiger partial charge < -0.3 is 9.47 Å². The van der Waals surface area contributed by atoms with Crippen LogP contribution in [0.1, 0.15) is 17.0 Å². The van der Waals surface area contributed by atoms with Crippen LogP contribution in [0.4, 0.5) is 9.59 Å². The molecule has 0 amide bonds.